The van der Waals surface area contributed by atoms with E-state index < -0.39 is 43.5 Å². The van der Waals surface area contributed by atoms with Gasteiger partial charge in [0.05, 0.1) is 41.4 Å². The number of anilines is 8. The van der Waals surface area contributed by atoms with Crippen molar-refractivity contribution in [2.75, 3.05) is 62.2 Å². The number of Topliss-reactive ketones (excluding diaryl/α,β-unsaturated/α-hetero) is 1. The molecule has 1 amide bonds. The Balaban J connectivity index is 0.000000198. The molecule has 0 unspecified atom stereocenters. The summed E-state index contributed by atoms with van der Waals surface area (Å²) < 4.78 is 129. The van der Waals surface area contributed by atoms with Crippen molar-refractivity contribution in [3.63, 3.8) is 0 Å². The van der Waals surface area contributed by atoms with Crippen LogP contribution in [0.25, 0.3) is 0 Å². The summed E-state index contributed by atoms with van der Waals surface area (Å²) in [5, 5.41) is 11.0. The van der Waals surface area contributed by atoms with E-state index in [1.54, 1.807) is 42.5 Å². The molecule has 2 aromatic carbocycles. The SMILES string of the molecule is CN(c1ncccc1CNc1cc(Cl)ncc1C(F)(F)F)S(C)(=O)=O.CN(c1ncccc1CNc1cc(Nc2ccc3c(c2)CC(=O)C3)ncc1C(F)(F)F)S(C)(=O)=O.Nc1ccc2c(c1)CC(=O)N2. The molecule has 17 nitrogen and oxygen atoms in total. The lowest BCUT2D eigenvalue weighted by atomic mass is 10.1. The fourth-order valence-corrected chi connectivity index (χ4v) is 8.14. The zero-order valence-electron chi connectivity index (χ0n) is 37.9. The van der Waals surface area contributed by atoms with Crippen LogP contribution in [-0.2, 0) is 74.3 Å². The summed E-state index contributed by atoms with van der Waals surface area (Å²) in [4.78, 5) is 37.9. The number of aromatic nitrogens is 4. The average molecular weight is 1050 g/mol. The molecule has 2 aliphatic rings. The molecule has 376 valence electrons. The number of halogens is 7. The fourth-order valence-electron chi connectivity index (χ4n) is 7.02. The van der Waals surface area contributed by atoms with Gasteiger partial charge in [0.1, 0.15) is 28.4 Å². The summed E-state index contributed by atoms with van der Waals surface area (Å²) in [6.45, 7) is -0.205. The lowest BCUT2D eigenvalue weighted by Crippen LogP contribution is -2.27. The minimum absolute atomic E-state index is 0.0469. The number of pyridine rings is 4. The number of nitrogens with zero attached hydrogens (tertiary/aromatic N) is 6. The number of carbonyl (C=O) groups is 2. The van der Waals surface area contributed by atoms with Crippen molar-refractivity contribution in [1.82, 2.24) is 19.9 Å². The van der Waals surface area contributed by atoms with E-state index in [4.69, 9.17) is 17.3 Å². The van der Waals surface area contributed by atoms with E-state index in [1.807, 2.05) is 18.2 Å². The molecule has 0 bridgehead atoms. The first-order valence-corrected chi connectivity index (χ1v) is 24.9. The number of ketones is 1. The van der Waals surface area contributed by atoms with Gasteiger partial charge in [-0.3, -0.25) is 18.2 Å². The van der Waals surface area contributed by atoms with E-state index in [9.17, 15) is 52.8 Å². The Hall–Kier alpha value is -7.25. The molecule has 0 spiro atoms. The third kappa shape index (κ3) is 14.0. The van der Waals surface area contributed by atoms with Crippen molar-refractivity contribution in [2.45, 2.75) is 44.7 Å². The quantitative estimate of drug-likeness (QED) is 0.0447. The van der Waals surface area contributed by atoms with Crippen molar-refractivity contribution < 1.29 is 52.8 Å². The molecule has 0 saturated carbocycles. The number of alkyl halides is 6. The topological polar surface area (TPSA) is 235 Å². The first kappa shape index (κ1) is 53.1. The van der Waals surface area contributed by atoms with E-state index in [-0.39, 0.29) is 58.8 Å². The van der Waals surface area contributed by atoms with Crippen LogP contribution in [0.15, 0.2) is 97.6 Å². The first-order chi connectivity index (χ1) is 33.2. The predicted octanol–water partition coefficient (Wildman–Crippen LogP) is 7.83. The van der Waals surface area contributed by atoms with E-state index in [0.29, 0.717) is 48.0 Å². The highest BCUT2D eigenvalue weighted by Gasteiger charge is 2.35. The largest absolute Gasteiger partial charge is 0.419 e. The molecular weight excluding hydrogens is 1000 g/mol. The summed E-state index contributed by atoms with van der Waals surface area (Å²) >= 11 is 5.67. The summed E-state index contributed by atoms with van der Waals surface area (Å²) in [7, 11) is -4.56. The van der Waals surface area contributed by atoms with Crippen molar-refractivity contribution >= 4 is 89.2 Å². The van der Waals surface area contributed by atoms with Crippen molar-refractivity contribution in [3.8, 4) is 0 Å². The minimum Gasteiger partial charge on any atom is -0.399 e. The number of nitrogen functional groups attached to an aromatic ring is 1. The highest BCUT2D eigenvalue weighted by molar-refractivity contribution is 7.92. The summed E-state index contributed by atoms with van der Waals surface area (Å²) in [5.41, 5.74) is 8.91. The van der Waals surface area contributed by atoms with Gasteiger partial charge >= 0.3 is 12.4 Å². The average Bonchev–Trinajstić information content (AvgIpc) is 3.85. The third-order valence-corrected chi connectivity index (χ3v) is 13.2. The lowest BCUT2D eigenvalue weighted by molar-refractivity contribution is -0.138. The first-order valence-electron chi connectivity index (χ1n) is 20.8. The Kier molecular flexibility index (Phi) is 16.0. The maximum absolute atomic E-state index is 13.7. The highest BCUT2D eigenvalue weighted by Crippen LogP contribution is 2.38. The van der Waals surface area contributed by atoms with Crippen LogP contribution in [0.4, 0.5) is 72.2 Å². The van der Waals surface area contributed by atoms with E-state index in [2.05, 4.69) is 41.2 Å². The van der Waals surface area contributed by atoms with Gasteiger partial charge in [-0.1, -0.05) is 29.8 Å². The second-order valence-electron chi connectivity index (χ2n) is 15.9. The monoisotopic (exact) mass is 1050 g/mol. The van der Waals surface area contributed by atoms with Crippen LogP contribution >= 0.6 is 11.6 Å². The smallest absolute Gasteiger partial charge is 0.399 e. The zero-order valence-corrected chi connectivity index (χ0v) is 40.3. The number of amides is 1. The van der Waals surface area contributed by atoms with E-state index >= 15 is 0 Å². The van der Waals surface area contributed by atoms with Crippen LogP contribution in [0.2, 0.25) is 5.15 Å². The minimum atomic E-state index is -4.66. The number of carbonyl (C=O) groups excluding carboxylic acids is 2. The summed E-state index contributed by atoms with van der Waals surface area (Å²) in [6.07, 6.45) is -1.93. The molecule has 26 heteroatoms. The number of fused-ring (bicyclic) bond motifs is 2. The molecule has 1 aliphatic heterocycles. The number of hydrogen-bond donors (Lipinski definition) is 5. The molecular formula is C45H44ClF6N11O6S2. The number of hydrogen-bond acceptors (Lipinski definition) is 14. The van der Waals surface area contributed by atoms with Crippen LogP contribution in [0.1, 0.15) is 38.9 Å². The molecule has 6 aromatic rings. The van der Waals surface area contributed by atoms with Gasteiger partial charge in [0.15, 0.2) is 0 Å². The summed E-state index contributed by atoms with van der Waals surface area (Å²) in [5.74, 6) is 0.560. The molecule has 0 saturated heterocycles. The molecule has 0 radical (unpaired) electrons. The second-order valence-corrected chi connectivity index (χ2v) is 20.4. The maximum atomic E-state index is 13.7. The number of sulfonamides is 2. The van der Waals surface area contributed by atoms with Gasteiger partial charge < -0.3 is 27.0 Å². The van der Waals surface area contributed by atoms with Gasteiger partial charge in [-0.05, 0) is 65.2 Å². The number of nitrogens with one attached hydrogen (secondary N) is 4. The molecule has 1 aliphatic carbocycles. The van der Waals surface area contributed by atoms with Gasteiger partial charge in [0.2, 0.25) is 26.0 Å². The molecule has 8 rings (SSSR count). The molecule has 4 aromatic heterocycles. The van der Waals surface area contributed by atoms with Gasteiger partial charge in [-0.2, -0.15) is 26.3 Å². The second kappa shape index (κ2) is 21.4. The van der Waals surface area contributed by atoms with Gasteiger partial charge in [0.25, 0.3) is 0 Å². The van der Waals surface area contributed by atoms with Gasteiger partial charge in [-0.25, -0.2) is 36.8 Å². The van der Waals surface area contributed by atoms with Crippen molar-refractivity contribution in [3.05, 3.63) is 142 Å². The highest BCUT2D eigenvalue weighted by atomic mass is 35.5. The van der Waals surface area contributed by atoms with Crippen molar-refractivity contribution in [2.24, 2.45) is 0 Å². The van der Waals surface area contributed by atoms with Gasteiger partial charge in [-0.15, -0.1) is 0 Å². The van der Waals surface area contributed by atoms with Gasteiger partial charge in [0, 0.05) is 99.1 Å². The third-order valence-electron chi connectivity index (χ3n) is 10.7. The normalized spacial score (nSPS) is 13.1. The van der Waals surface area contributed by atoms with Crippen LogP contribution < -0.4 is 35.6 Å². The van der Waals surface area contributed by atoms with E-state index in [0.717, 1.165) is 55.8 Å². The Morgan fingerprint density at radius 2 is 1.21 bits per heavy atom. The number of benzene rings is 2. The Morgan fingerprint density at radius 1 is 0.676 bits per heavy atom. The number of rotatable bonds is 12. The zero-order chi connectivity index (χ0) is 52.1. The Bertz CT molecular complexity index is 3200. The van der Waals surface area contributed by atoms with Crippen LogP contribution in [0, 0.1) is 0 Å². The van der Waals surface area contributed by atoms with Crippen LogP contribution in [0.5, 0.6) is 0 Å². The van der Waals surface area contributed by atoms with E-state index in [1.165, 1.54) is 32.6 Å². The predicted molar refractivity (Wildman–Crippen MR) is 258 cm³/mol. The maximum Gasteiger partial charge on any atom is 0.419 e. The Morgan fingerprint density at radius 3 is 1.76 bits per heavy atom. The van der Waals surface area contributed by atoms with Crippen LogP contribution in [0.3, 0.4) is 0 Å². The Labute approximate surface area is 409 Å². The molecule has 5 heterocycles. The number of nitrogens with two attached hydrogens (primary N) is 1. The standard InChI is InChI=1S/C23H22F3N5O3S.C14H14ClF3N4O2S.C8H8N2O/c1-31(35(2,33)34)22-15(4-3-7-27-22)12-28-20-11-21(29-13-19(20)23(24,25)26)30-17-6-5-14-9-18(32)10-16(14)8-17;1-22(25(2,23)24)13-9(4-3-5-19-13)7-20-11-6-12(15)21-8-10(11)14(16,17)18;9-6-1-2-7-5(3-6)4-8(11)10-7/h3-8,11,13H,9-10,12H2,1-2H3,(H2,28,29,30);3-6,8H,7H2,1-2H3,(H,20,21);1-3H,4,9H2,(H,10,11). The molecule has 0 fully saturated rings. The van der Waals surface area contributed by atoms with Crippen molar-refractivity contribution in [1.29, 1.82) is 0 Å². The molecule has 71 heavy (non-hydrogen) atoms. The van der Waals surface area contributed by atoms with Crippen LogP contribution in [-0.4, -0.2) is 75.1 Å². The molecule has 6 N–H and O–H groups in total. The fraction of sp³-hybridized carbons (Fsp3) is 0.244. The summed E-state index contributed by atoms with van der Waals surface area (Å²) in [6, 6.07) is 19.3. The molecule has 0 atom stereocenters. The lowest BCUT2D eigenvalue weighted by Gasteiger charge is -2.20.